The van der Waals surface area contributed by atoms with Crippen LogP contribution in [0, 0.1) is 6.92 Å². The maximum absolute atomic E-state index is 6.29. The minimum Gasteiger partial charge on any atom is -0.383 e. The van der Waals surface area contributed by atoms with Crippen LogP contribution in [-0.2, 0) is 11.3 Å². The molecule has 0 saturated heterocycles. The van der Waals surface area contributed by atoms with Gasteiger partial charge < -0.3 is 4.74 Å². The van der Waals surface area contributed by atoms with Gasteiger partial charge in [0.05, 0.1) is 36.1 Å². The number of methoxy groups -OCH3 is 1. The number of benzene rings is 1. The van der Waals surface area contributed by atoms with Gasteiger partial charge in [0.25, 0.3) is 0 Å². The van der Waals surface area contributed by atoms with Crippen LogP contribution < -0.4 is 11.3 Å². The number of hydrazine groups is 1. The summed E-state index contributed by atoms with van der Waals surface area (Å²) < 4.78 is 6.88. The summed E-state index contributed by atoms with van der Waals surface area (Å²) in [5.74, 6) is 5.76. The van der Waals surface area contributed by atoms with E-state index in [-0.39, 0.29) is 6.04 Å². The second kappa shape index (κ2) is 7.24. The first-order valence-corrected chi connectivity index (χ1v) is 7.27. The fourth-order valence-electron chi connectivity index (χ4n) is 2.27. The van der Waals surface area contributed by atoms with Gasteiger partial charge in [-0.25, -0.2) is 5.43 Å². The lowest BCUT2D eigenvalue weighted by atomic mass is 9.99. The Labute approximate surface area is 134 Å². The van der Waals surface area contributed by atoms with E-state index in [1.54, 1.807) is 18.0 Å². The number of nitrogens with one attached hydrogen (secondary N) is 1. The van der Waals surface area contributed by atoms with Crippen LogP contribution in [0.2, 0.25) is 10.0 Å². The number of hydrogen-bond acceptors (Lipinski definition) is 4. The molecule has 1 atom stereocenters. The quantitative estimate of drug-likeness (QED) is 0.632. The Bertz CT molecular complexity index is 615. The summed E-state index contributed by atoms with van der Waals surface area (Å²) in [5.41, 5.74) is 5.51. The molecule has 0 aliphatic rings. The van der Waals surface area contributed by atoms with Crippen molar-refractivity contribution in [2.24, 2.45) is 5.84 Å². The molecule has 114 valence electrons. The first kappa shape index (κ1) is 16.3. The van der Waals surface area contributed by atoms with Gasteiger partial charge in [0, 0.05) is 12.1 Å². The SMILES string of the molecule is COCCn1ncc(Cl)c1C(NN)c1cccc(Cl)c1C. The van der Waals surface area contributed by atoms with Gasteiger partial charge in [-0.3, -0.25) is 10.5 Å². The van der Waals surface area contributed by atoms with Crippen molar-refractivity contribution in [3.63, 3.8) is 0 Å². The van der Waals surface area contributed by atoms with Crippen molar-refractivity contribution in [3.05, 3.63) is 51.3 Å². The predicted molar refractivity (Wildman–Crippen MR) is 84.5 cm³/mol. The number of halogens is 2. The molecular weight excluding hydrogens is 311 g/mol. The van der Waals surface area contributed by atoms with Gasteiger partial charge in [-0.2, -0.15) is 5.10 Å². The largest absolute Gasteiger partial charge is 0.383 e. The highest BCUT2D eigenvalue weighted by molar-refractivity contribution is 6.31. The Morgan fingerprint density at radius 1 is 1.38 bits per heavy atom. The summed E-state index contributed by atoms with van der Waals surface area (Å²) in [6, 6.07) is 5.40. The second-order valence-electron chi connectivity index (χ2n) is 4.65. The number of hydrogen-bond donors (Lipinski definition) is 2. The summed E-state index contributed by atoms with van der Waals surface area (Å²) in [7, 11) is 1.64. The zero-order valence-electron chi connectivity index (χ0n) is 11.9. The van der Waals surface area contributed by atoms with Gasteiger partial charge in [0.1, 0.15) is 0 Å². The molecule has 0 aliphatic carbocycles. The van der Waals surface area contributed by atoms with E-state index in [1.165, 1.54) is 0 Å². The maximum atomic E-state index is 6.29. The number of nitrogens with two attached hydrogens (primary N) is 1. The standard InChI is InChI=1S/C14H18Cl2N4O/c1-9-10(4-3-5-11(9)15)13(19-17)14-12(16)8-18-20(14)6-7-21-2/h3-5,8,13,19H,6-7,17H2,1-2H3. The Morgan fingerprint density at radius 2 is 2.14 bits per heavy atom. The summed E-state index contributed by atoms with van der Waals surface area (Å²) in [6.45, 7) is 3.08. The van der Waals surface area contributed by atoms with Gasteiger partial charge in [-0.05, 0) is 24.1 Å². The van der Waals surface area contributed by atoms with E-state index in [2.05, 4.69) is 10.5 Å². The van der Waals surface area contributed by atoms with Crippen molar-refractivity contribution in [1.82, 2.24) is 15.2 Å². The summed E-state index contributed by atoms with van der Waals surface area (Å²) in [4.78, 5) is 0. The van der Waals surface area contributed by atoms with E-state index >= 15 is 0 Å². The lowest BCUT2D eigenvalue weighted by molar-refractivity contribution is 0.182. The molecule has 5 nitrogen and oxygen atoms in total. The number of ether oxygens (including phenoxy) is 1. The van der Waals surface area contributed by atoms with E-state index in [1.807, 2.05) is 25.1 Å². The molecule has 0 fully saturated rings. The average molecular weight is 329 g/mol. The van der Waals surface area contributed by atoms with Crippen LogP contribution in [0.5, 0.6) is 0 Å². The lowest BCUT2D eigenvalue weighted by Crippen LogP contribution is -2.32. The molecule has 0 bridgehead atoms. The number of nitrogens with zero attached hydrogens (tertiary/aromatic N) is 2. The zero-order chi connectivity index (χ0) is 15.4. The smallest absolute Gasteiger partial charge is 0.0896 e. The first-order chi connectivity index (χ1) is 10.1. The molecule has 0 saturated carbocycles. The molecule has 1 unspecified atom stereocenters. The molecule has 0 spiro atoms. The van der Waals surface area contributed by atoms with Crippen molar-refractivity contribution in [3.8, 4) is 0 Å². The number of rotatable bonds is 6. The predicted octanol–water partition coefficient (Wildman–Crippen LogP) is 2.70. The van der Waals surface area contributed by atoms with Gasteiger partial charge >= 0.3 is 0 Å². The topological polar surface area (TPSA) is 65.1 Å². The monoisotopic (exact) mass is 328 g/mol. The van der Waals surface area contributed by atoms with Crippen molar-refractivity contribution >= 4 is 23.2 Å². The Hall–Kier alpha value is -1.11. The van der Waals surface area contributed by atoms with Gasteiger partial charge in [-0.1, -0.05) is 35.3 Å². The van der Waals surface area contributed by atoms with Crippen LogP contribution >= 0.6 is 23.2 Å². The molecule has 1 aromatic carbocycles. The van der Waals surface area contributed by atoms with Gasteiger partial charge in [0.15, 0.2) is 0 Å². The van der Waals surface area contributed by atoms with E-state index < -0.39 is 0 Å². The van der Waals surface area contributed by atoms with Crippen molar-refractivity contribution in [1.29, 1.82) is 0 Å². The van der Waals surface area contributed by atoms with E-state index in [0.717, 1.165) is 16.8 Å². The molecule has 1 heterocycles. The normalized spacial score (nSPS) is 12.6. The van der Waals surface area contributed by atoms with Crippen molar-refractivity contribution in [2.45, 2.75) is 19.5 Å². The summed E-state index contributed by atoms with van der Waals surface area (Å²) in [6.07, 6.45) is 1.61. The lowest BCUT2D eigenvalue weighted by Gasteiger charge is -2.21. The summed E-state index contributed by atoms with van der Waals surface area (Å²) in [5, 5.41) is 5.51. The molecule has 0 aliphatic heterocycles. The highest BCUT2D eigenvalue weighted by atomic mass is 35.5. The van der Waals surface area contributed by atoms with E-state index in [4.69, 9.17) is 33.8 Å². The third-order valence-electron chi connectivity index (χ3n) is 3.40. The third-order valence-corrected chi connectivity index (χ3v) is 4.10. The second-order valence-corrected chi connectivity index (χ2v) is 5.46. The fraction of sp³-hybridized carbons (Fsp3) is 0.357. The number of aromatic nitrogens is 2. The average Bonchev–Trinajstić information content (AvgIpc) is 2.83. The molecule has 2 aromatic rings. The van der Waals surface area contributed by atoms with Crippen molar-refractivity contribution in [2.75, 3.05) is 13.7 Å². The van der Waals surface area contributed by atoms with Crippen molar-refractivity contribution < 1.29 is 4.74 Å². The molecule has 0 radical (unpaired) electrons. The van der Waals surface area contributed by atoms with Gasteiger partial charge in [0.2, 0.25) is 0 Å². The molecule has 0 amide bonds. The third kappa shape index (κ3) is 3.39. The van der Waals surface area contributed by atoms with Crippen LogP contribution in [0.4, 0.5) is 0 Å². The molecule has 2 rings (SSSR count). The minimum absolute atomic E-state index is 0.296. The van der Waals surface area contributed by atoms with Crippen LogP contribution in [0.25, 0.3) is 0 Å². The molecule has 1 aromatic heterocycles. The molecule has 7 heteroatoms. The van der Waals surface area contributed by atoms with E-state index in [0.29, 0.717) is 23.2 Å². The van der Waals surface area contributed by atoms with Crippen LogP contribution in [0.1, 0.15) is 22.9 Å². The highest BCUT2D eigenvalue weighted by Gasteiger charge is 2.23. The highest BCUT2D eigenvalue weighted by Crippen LogP contribution is 2.31. The molecule has 21 heavy (non-hydrogen) atoms. The molecular formula is C14H18Cl2N4O. The van der Waals surface area contributed by atoms with Gasteiger partial charge in [-0.15, -0.1) is 0 Å². The minimum atomic E-state index is -0.296. The summed E-state index contributed by atoms with van der Waals surface area (Å²) >= 11 is 12.5. The zero-order valence-corrected chi connectivity index (χ0v) is 13.4. The fourth-order valence-corrected chi connectivity index (χ4v) is 2.70. The van der Waals surface area contributed by atoms with Crippen LogP contribution in [0.3, 0.4) is 0 Å². The first-order valence-electron chi connectivity index (χ1n) is 6.51. The van der Waals surface area contributed by atoms with Crippen LogP contribution in [-0.4, -0.2) is 23.5 Å². The Kier molecular flexibility index (Phi) is 5.61. The Morgan fingerprint density at radius 3 is 2.81 bits per heavy atom. The Balaban J connectivity index is 2.46. The van der Waals surface area contributed by atoms with E-state index in [9.17, 15) is 0 Å². The maximum Gasteiger partial charge on any atom is 0.0896 e. The van der Waals surface area contributed by atoms with Crippen LogP contribution in [0.15, 0.2) is 24.4 Å². The molecule has 3 N–H and O–H groups in total.